The van der Waals surface area contributed by atoms with Gasteiger partial charge >= 0.3 is 0 Å². The molecule has 1 aliphatic carbocycles. The minimum atomic E-state index is 0.365. The van der Waals surface area contributed by atoms with Gasteiger partial charge in [-0.25, -0.2) is 4.68 Å². The molecule has 0 spiro atoms. The van der Waals surface area contributed by atoms with E-state index < -0.39 is 0 Å². The second kappa shape index (κ2) is 4.84. The molecule has 2 N–H and O–H groups in total. The van der Waals surface area contributed by atoms with Crippen LogP contribution >= 0.6 is 15.9 Å². The minimum Gasteiger partial charge on any atom is -0.399 e. The zero-order valence-electron chi connectivity index (χ0n) is 11.7. The van der Waals surface area contributed by atoms with E-state index in [-0.39, 0.29) is 0 Å². The first-order chi connectivity index (χ1) is 9.44. The smallest absolute Gasteiger partial charge is 0.182 e. The number of halogens is 1. The van der Waals surface area contributed by atoms with Gasteiger partial charge in [0.05, 0.1) is 6.04 Å². The molecule has 0 saturated heterocycles. The fraction of sp³-hybridized carbons (Fsp3) is 0.500. The number of aromatic nitrogens is 4. The van der Waals surface area contributed by atoms with Crippen molar-refractivity contribution >= 4 is 21.6 Å². The Balaban J connectivity index is 1.98. The van der Waals surface area contributed by atoms with Crippen LogP contribution in [0.25, 0.3) is 11.4 Å². The molecule has 0 aliphatic heterocycles. The van der Waals surface area contributed by atoms with Crippen LogP contribution in [0.1, 0.15) is 39.2 Å². The van der Waals surface area contributed by atoms with E-state index in [4.69, 9.17) is 5.73 Å². The van der Waals surface area contributed by atoms with Gasteiger partial charge in [-0.3, -0.25) is 0 Å². The van der Waals surface area contributed by atoms with E-state index in [0.717, 1.165) is 28.7 Å². The van der Waals surface area contributed by atoms with Crippen LogP contribution in [0.3, 0.4) is 0 Å². The number of benzene rings is 1. The van der Waals surface area contributed by atoms with Crippen molar-refractivity contribution in [2.75, 3.05) is 5.73 Å². The molecule has 3 rings (SSSR count). The highest BCUT2D eigenvalue weighted by Crippen LogP contribution is 2.44. The number of nitrogens with two attached hydrogens (primary N) is 1. The van der Waals surface area contributed by atoms with Gasteiger partial charge in [-0.2, -0.15) is 0 Å². The average molecular weight is 336 g/mol. The van der Waals surface area contributed by atoms with Gasteiger partial charge in [0.25, 0.3) is 0 Å². The lowest BCUT2D eigenvalue weighted by atomic mass is 9.92. The quantitative estimate of drug-likeness (QED) is 0.853. The predicted molar refractivity (Wildman–Crippen MR) is 82.0 cm³/mol. The molecule has 0 bridgehead atoms. The number of anilines is 1. The SMILES string of the molecule is CC1(C)CCC(n2nnnc2-c2cc(N)cc(Br)c2)C1. The van der Waals surface area contributed by atoms with Crippen molar-refractivity contribution in [1.29, 1.82) is 0 Å². The molecule has 0 radical (unpaired) electrons. The summed E-state index contributed by atoms with van der Waals surface area (Å²) in [6, 6.07) is 6.15. The van der Waals surface area contributed by atoms with Crippen LogP contribution in [0.15, 0.2) is 22.7 Å². The third-order valence-electron chi connectivity index (χ3n) is 3.96. The number of nitrogens with zero attached hydrogens (tertiary/aromatic N) is 4. The summed E-state index contributed by atoms with van der Waals surface area (Å²) in [5, 5.41) is 12.2. The summed E-state index contributed by atoms with van der Waals surface area (Å²) in [4.78, 5) is 0. The zero-order valence-corrected chi connectivity index (χ0v) is 13.3. The van der Waals surface area contributed by atoms with E-state index in [2.05, 4.69) is 45.3 Å². The van der Waals surface area contributed by atoms with Crippen molar-refractivity contribution in [3.05, 3.63) is 22.7 Å². The van der Waals surface area contributed by atoms with Gasteiger partial charge in [-0.15, -0.1) is 5.10 Å². The molecule has 6 heteroatoms. The van der Waals surface area contributed by atoms with E-state index in [1.807, 2.05) is 22.9 Å². The molecular weight excluding hydrogens is 318 g/mol. The first-order valence-electron chi connectivity index (χ1n) is 6.79. The summed E-state index contributed by atoms with van der Waals surface area (Å²) in [5.74, 6) is 0.792. The van der Waals surface area contributed by atoms with Gasteiger partial charge in [0, 0.05) is 15.7 Å². The highest BCUT2D eigenvalue weighted by molar-refractivity contribution is 9.10. The van der Waals surface area contributed by atoms with Crippen LogP contribution in [0.2, 0.25) is 0 Å². The minimum absolute atomic E-state index is 0.365. The molecule has 1 atom stereocenters. The highest BCUT2D eigenvalue weighted by Gasteiger charge is 2.34. The fourth-order valence-corrected chi connectivity index (χ4v) is 3.49. The third kappa shape index (κ3) is 2.57. The van der Waals surface area contributed by atoms with Gasteiger partial charge < -0.3 is 5.73 Å². The Labute approximate surface area is 126 Å². The summed E-state index contributed by atoms with van der Waals surface area (Å²) in [7, 11) is 0. The Morgan fingerprint density at radius 1 is 1.35 bits per heavy atom. The van der Waals surface area contributed by atoms with Crippen LogP contribution in [-0.2, 0) is 0 Å². The zero-order chi connectivity index (χ0) is 14.3. The molecule has 0 amide bonds. The molecule has 5 nitrogen and oxygen atoms in total. The summed E-state index contributed by atoms with van der Waals surface area (Å²) in [6.45, 7) is 4.60. The first kappa shape index (κ1) is 13.5. The van der Waals surface area contributed by atoms with Crippen LogP contribution in [0.5, 0.6) is 0 Å². The van der Waals surface area contributed by atoms with Crippen LogP contribution in [0, 0.1) is 5.41 Å². The van der Waals surface area contributed by atoms with Crippen LogP contribution < -0.4 is 5.73 Å². The van der Waals surface area contributed by atoms with Crippen molar-refractivity contribution in [3.8, 4) is 11.4 Å². The van der Waals surface area contributed by atoms with Crippen molar-refractivity contribution in [2.24, 2.45) is 5.41 Å². The number of tetrazole rings is 1. The molecule has 1 aliphatic rings. The number of hydrogen-bond acceptors (Lipinski definition) is 4. The maximum absolute atomic E-state index is 5.90. The van der Waals surface area contributed by atoms with E-state index in [1.54, 1.807) is 0 Å². The Morgan fingerprint density at radius 2 is 2.15 bits per heavy atom. The van der Waals surface area contributed by atoms with Gasteiger partial charge in [-0.1, -0.05) is 29.8 Å². The van der Waals surface area contributed by atoms with Crippen molar-refractivity contribution in [1.82, 2.24) is 20.2 Å². The first-order valence-corrected chi connectivity index (χ1v) is 7.58. The molecule has 2 aromatic rings. The molecule has 1 saturated carbocycles. The average Bonchev–Trinajstić information content (AvgIpc) is 2.93. The molecule has 1 fully saturated rings. The maximum Gasteiger partial charge on any atom is 0.182 e. The molecule has 1 heterocycles. The van der Waals surface area contributed by atoms with Gasteiger partial charge in [-0.05, 0) is 53.3 Å². The topological polar surface area (TPSA) is 69.6 Å². The van der Waals surface area contributed by atoms with Crippen molar-refractivity contribution < 1.29 is 0 Å². The van der Waals surface area contributed by atoms with Crippen LogP contribution in [0.4, 0.5) is 5.69 Å². The molecule has 1 aromatic carbocycles. The molecule has 1 unspecified atom stereocenters. The van der Waals surface area contributed by atoms with Crippen molar-refractivity contribution in [2.45, 2.75) is 39.2 Å². The number of rotatable bonds is 2. The van der Waals surface area contributed by atoms with Crippen LogP contribution in [-0.4, -0.2) is 20.2 Å². The lowest BCUT2D eigenvalue weighted by Gasteiger charge is -2.17. The number of hydrogen-bond donors (Lipinski definition) is 1. The fourth-order valence-electron chi connectivity index (χ4n) is 2.98. The molecule has 20 heavy (non-hydrogen) atoms. The second-order valence-electron chi connectivity index (χ2n) is 6.28. The van der Waals surface area contributed by atoms with E-state index in [0.29, 0.717) is 17.1 Å². The molecule has 1 aromatic heterocycles. The summed E-state index contributed by atoms with van der Waals surface area (Å²) < 4.78 is 2.89. The second-order valence-corrected chi connectivity index (χ2v) is 7.20. The van der Waals surface area contributed by atoms with E-state index >= 15 is 0 Å². The molecular formula is C14H18BrN5. The monoisotopic (exact) mass is 335 g/mol. The Bertz CT molecular complexity index is 614. The third-order valence-corrected chi connectivity index (χ3v) is 4.42. The summed E-state index contributed by atoms with van der Waals surface area (Å²) in [5.41, 5.74) is 7.92. The largest absolute Gasteiger partial charge is 0.399 e. The Morgan fingerprint density at radius 3 is 2.80 bits per heavy atom. The Kier molecular flexibility index (Phi) is 3.28. The predicted octanol–water partition coefficient (Wildman–Crippen LogP) is 3.44. The maximum atomic E-state index is 5.90. The van der Waals surface area contributed by atoms with E-state index in [9.17, 15) is 0 Å². The molecule has 106 valence electrons. The number of nitrogen functional groups attached to an aromatic ring is 1. The Hall–Kier alpha value is -1.43. The highest BCUT2D eigenvalue weighted by atomic mass is 79.9. The lowest BCUT2D eigenvalue weighted by molar-refractivity contribution is 0.349. The van der Waals surface area contributed by atoms with Gasteiger partial charge in [0.1, 0.15) is 0 Å². The van der Waals surface area contributed by atoms with Crippen molar-refractivity contribution in [3.63, 3.8) is 0 Å². The summed E-state index contributed by atoms with van der Waals surface area (Å²) in [6.07, 6.45) is 3.43. The van der Waals surface area contributed by atoms with Gasteiger partial charge in [0.15, 0.2) is 5.82 Å². The lowest BCUT2D eigenvalue weighted by Crippen LogP contribution is -2.12. The van der Waals surface area contributed by atoms with Gasteiger partial charge in [0.2, 0.25) is 0 Å². The summed E-state index contributed by atoms with van der Waals surface area (Å²) >= 11 is 3.47. The normalized spacial score (nSPS) is 21.2. The standard InChI is InChI=1S/C14H18BrN5/c1-14(2)4-3-12(8-14)20-13(17-18-19-20)9-5-10(15)7-11(16)6-9/h5-7,12H,3-4,8,16H2,1-2H3. The van der Waals surface area contributed by atoms with E-state index in [1.165, 1.54) is 6.42 Å².